The number of nitro benzene ring substituents is 1. The van der Waals surface area contributed by atoms with Crippen molar-refractivity contribution in [3.63, 3.8) is 0 Å². The largest absolute Gasteiger partial charge is 0.395 e. The number of anilines is 1. The molecule has 0 atom stereocenters. The van der Waals surface area contributed by atoms with E-state index in [0.717, 1.165) is 29.7 Å². The number of non-ortho nitro benzene ring substituents is 1. The fraction of sp³-hybridized carbons (Fsp3) is 0.400. The number of nitrogens with zero attached hydrogens (tertiary/aromatic N) is 3. The Kier molecular flexibility index (Phi) is 4.70. The van der Waals surface area contributed by atoms with E-state index in [1.807, 2.05) is 17.9 Å². The summed E-state index contributed by atoms with van der Waals surface area (Å²) in [5.74, 6) is 0. The van der Waals surface area contributed by atoms with Crippen LogP contribution in [0.2, 0.25) is 0 Å². The van der Waals surface area contributed by atoms with E-state index in [9.17, 15) is 15.2 Å². The summed E-state index contributed by atoms with van der Waals surface area (Å²) in [6.07, 6.45) is 2.48. The van der Waals surface area contributed by atoms with Crippen LogP contribution in [0.1, 0.15) is 19.0 Å². The monoisotopic (exact) mass is 289 g/mol. The van der Waals surface area contributed by atoms with Crippen molar-refractivity contribution < 1.29 is 10.0 Å². The number of nitro groups is 1. The number of fused-ring (bicyclic) bond motifs is 1. The van der Waals surface area contributed by atoms with Gasteiger partial charge in [0.2, 0.25) is 0 Å². The number of aliphatic hydroxyl groups excluding tert-OH is 1. The zero-order chi connectivity index (χ0) is 15.4. The Labute approximate surface area is 123 Å². The van der Waals surface area contributed by atoms with Gasteiger partial charge in [-0.25, -0.2) is 0 Å². The molecule has 0 aliphatic carbocycles. The molecule has 2 rings (SSSR count). The van der Waals surface area contributed by atoms with Gasteiger partial charge in [-0.05, 0) is 25.5 Å². The van der Waals surface area contributed by atoms with Crippen molar-refractivity contribution in [2.24, 2.45) is 0 Å². The normalized spacial score (nSPS) is 10.8. The van der Waals surface area contributed by atoms with Crippen LogP contribution in [0, 0.1) is 17.0 Å². The lowest BCUT2D eigenvalue weighted by Gasteiger charge is -2.25. The van der Waals surface area contributed by atoms with E-state index in [1.54, 1.807) is 12.3 Å². The summed E-state index contributed by atoms with van der Waals surface area (Å²) in [5.41, 5.74) is 1.77. The molecule has 1 aromatic carbocycles. The van der Waals surface area contributed by atoms with Crippen LogP contribution in [0.25, 0.3) is 10.8 Å². The van der Waals surface area contributed by atoms with Gasteiger partial charge in [-0.15, -0.1) is 0 Å². The molecule has 0 aliphatic rings. The molecule has 0 saturated heterocycles. The predicted octanol–water partition coefficient (Wildman–Crippen LogP) is 2.66. The molecule has 6 heteroatoms. The van der Waals surface area contributed by atoms with Gasteiger partial charge in [-0.3, -0.25) is 15.1 Å². The van der Waals surface area contributed by atoms with Gasteiger partial charge < -0.3 is 10.0 Å². The summed E-state index contributed by atoms with van der Waals surface area (Å²) < 4.78 is 0. The average molecular weight is 289 g/mol. The number of aromatic nitrogens is 1. The minimum Gasteiger partial charge on any atom is -0.395 e. The second-order valence-electron chi connectivity index (χ2n) is 4.94. The lowest BCUT2D eigenvalue weighted by atomic mass is 10.1. The maximum Gasteiger partial charge on any atom is 0.278 e. The Morgan fingerprint density at radius 1 is 1.33 bits per heavy atom. The number of hydrogen-bond donors (Lipinski definition) is 1. The number of benzene rings is 1. The summed E-state index contributed by atoms with van der Waals surface area (Å²) in [7, 11) is 0. The second kappa shape index (κ2) is 6.49. The third-order valence-corrected chi connectivity index (χ3v) is 3.39. The first-order valence-electron chi connectivity index (χ1n) is 6.98. The summed E-state index contributed by atoms with van der Waals surface area (Å²) in [6.45, 7) is 5.25. The van der Waals surface area contributed by atoms with Crippen molar-refractivity contribution in [3.8, 4) is 0 Å². The highest BCUT2D eigenvalue weighted by molar-refractivity contribution is 5.99. The minimum absolute atomic E-state index is 0.0442. The molecule has 0 fully saturated rings. The zero-order valence-corrected chi connectivity index (χ0v) is 12.2. The molecular weight excluding hydrogens is 270 g/mol. The van der Waals surface area contributed by atoms with Gasteiger partial charge >= 0.3 is 0 Å². The van der Waals surface area contributed by atoms with Crippen LogP contribution >= 0.6 is 0 Å². The highest BCUT2D eigenvalue weighted by atomic mass is 16.6. The highest BCUT2D eigenvalue weighted by Crippen LogP contribution is 2.33. The van der Waals surface area contributed by atoms with E-state index in [0.29, 0.717) is 11.9 Å². The van der Waals surface area contributed by atoms with Crippen LogP contribution in [0.4, 0.5) is 11.4 Å². The van der Waals surface area contributed by atoms with Gasteiger partial charge in [0.1, 0.15) is 0 Å². The standard InChI is InChI=1S/C15H19N3O3/c1-3-6-17(7-8-19)14-4-5-15(18(20)21)13-10-16-11(2)9-12(13)14/h4-5,9-10,19H,3,6-8H2,1-2H3. The third kappa shape index (κ3) is 3.11. The first-order chi connectivity index (χ1) is 10.1. The first-order valence-corrected chi connectivity index (χ1v) is 6.98. The van der Waals surface area contributed by atoms with Crippen LogP contribution < -0.4 is 4.90 Å². The van der Waals surface area contributed by atoms with Gasteiger partial charge in [-0.2, -0.15) is 0 Å². The molecule has 1 aromatic heterocycles. The van der Waals surface area contributed by atoms with Gasteiger partial charge in [0.25, 0.3) is 5.69 Å². The Morgan fingerprint density at radius 3 is 2.71 bits per heavy atom. The Bertz CT molecular complexity index is 652. The fourth-order valence-corrected chi connectivity index (χ4v) is 2.49. The highest BCUT2D eigenvalue weighted by Gasteiger charge is 2.17. The van der Waals surface area contributed by atoms with Gasteiger partial charge in [0.05, 0.1) is 16.9 Å². The Balaban J connectivity index is 2.66. The van der Waals surface area contributed by atoms with Crippen molar-refractivity contribution in [2.75, 3.05) is 24.6 Å². The van der Waals surface area contributed by atoms with Crippen LogP contribution in [-0.2, 0) is 0 Å². The van der Waals surface area contributed by atoms with Crippen molar-refractivity contribution >= 4 is 22.1 Å². The molecule has 0 radical (unpaired) electrons. The topological polar surface area (TPSA) is 79.5 Å². The quantitative estimate of drug-likeness (QED) is 0.653. The van der Waals surface area contributed by atoms with Gasteiger partial charge in [0.15, 0.2) is 0 Å². The molecule has 21 heavy (non-hydrogen) atoms. The van der Waals surface area contributed by atoms with Crippen LogP contribution in [0.3, 0.4) is 0 Å². The van der Waals surface area contributed by atoms with Gasteiger partial charge in [0, 0.05) is 42.1 Å². The number of rotatable bonds is 6. The summed E-state index contributed by atoms with van der Waals surface area (Å²) >= 11 is 0. The molecule has 0 bridgehead atoms. The van der Waals surface area contributed by atoms with Crippen molar-refractivity contribution in [2.45, 2.75) is 20.3 Å². The average Bonchev–Trinajstić information content (AvgIpc) is 2.45. The molecule has 1 heterocycles. The van der Waals surface area contributed by atoms with E-state index < -0.39 is 0 Å². The van der Waals surface area contributed by atoms with Crippen LogP contribution in [0.15, 0.2) is 24.4 Å². The molecule has 0 amide bonds. The van der Waals surface area contributed by atoms with E-state index in [2.05, 4.69) is 11.9 Å². The van der Waals surface area contributed by atoms with E-state index in [1.165, 1.54) is 6.07 Å². The summed E-state index contributed by atoms with van der Waals surface area (Å²) in [5, 5.41) is 21.7. The van der Waals surface area contributed by atoms with Gasteiger partial charge in [-0.1, -0.05) is 6.92 Å². The molecule has 112 valence electrons. The molecule has 2 aromatic rings. The predicted molar refractivity (Wildman–Crippen MR) is 82.7 cm³/mol. The maximum atomic E-state index is 11.2. The zero-order valence-electron chi connectivity index (χ0n) is 12.2. The van der Waals surface area contributed by atoms with E-state index >= 15 is 0 Å². The minimum atomic E-state index is -0.390. The van der Waals surface area contributed by atoms with Crippen molar-refractivity contribution in [3.05, 3.63) is 40.2 Å². The summed E-state index contributed by atoms with van der Waals surface area (Å²) in [6, 6.07) is 5.12. The molecular formula is C15H19N3O3. The Hall–Kier alpha value is -2.21. The van der Waals surface area contributed by atoms with Crippen molar-refractivity contribution in [1.82, 2.24) is 4.98 Å². The Morgan fingerprint density at radius 2 is 2.10 bits per heavy atom. The van der Waals surface area contributed by atoms with Crippen LogP contribution in [-0.4, -0.2) is 34.7 Å². The molecule has 0 aliphatic heterocycles. The maximum absolute atomic E-state index is 11.2. The van der Waals surface area contributed by atoms with E-state index in [4.69, 9.17) is 0 Å². The van der Waals surface area contributed by atoms with Crippen LogP contribution in [0.5, 0.6) is 0 Å². The molecule has 0 unspecified atom stereocenters. The summed E-state index contributed by atoms with van der Waals surface area (Å²) in [4.78, 5) is 17.0. The SMILES string of the molecule is CCCN(CCO)c1ccc([N+](=O)[O-])c2cnc(C)cc12. The molecule has 6 nitrogen and oxygen atoms in total. The fourth-order valence-electron chi connectivity index (χ4n) is 2.49. The number of aryl methyl sites for hydroxylation is 1. The third-order valence-electron chi connectivity index (χ3n) is 3.39. The second-order valence-corrected chi connectivity index (χ2v) is 4.94. The number of pyridine rings is 1. The number of hydrogen-bond acceptors (Lipinski definition) is 5. The lowest BCUT2D eigenvalue weighted by molar-refractivity contribution is -0.383. The van der Waals surface area contributed by atoms with Crippen molar-refractivity contribution in [1.29, 1.82) is 0 Å². The smallest absolute Gasteiger partial charge is 0.278 e. The molecule has 0 spiro atoms. The first kappa shape index (κ1) is 15.2. The lowest BCUT2D eigenvalue weighted by Crippen LogP contribution is -2.27. The number of aliphatic hydroxyl groups is 1. The molecule has 1 N–H and O–H groups in total. The molecule has 0 saturated carbocycles. The van der Waals surface area contributed by atoms with E-state index in [-0.39, 0.29) is 17.2 Å².